The monoisotopic (exact) mass is 302 g/mol. The van der Waals surface area contributed by atoms with Gasteiger partial charge in [0.15, 0.2) is 0 Å². The van der Waals surface area contributed by atoms with Crippen LogP contribution < -0.4 is 5.32 Å². The van der Waals surface area contributed by atoms with Gasteiger partial charge in [0.05, 0.1) is 0 Å². The summed E-state index contributed by atoms with van der Waals surface area (Å²) in [5.41, 5.74) is 2.03. The Morgan fingerprint density at radius 3 is 2.73 bits per heavy atom. The molecule has 0 aliphatic rings. The number of carbonyl (C=O) groups is 1. The van der Waals surface area contributed by atoms with Crippen LogP contribution in [-0.4, -0.2) is 23.2 Å². The van der Waals surface area contributed by atoms with E-state index in [2.05, 4.69) is 41.6 Å². The van der Waals surface area contributed by atoms with Gasteiger partial charge in [0, 0.05) is 23.6 Å². The molecular formula is C18H26N2O2. The number of hydrogen-bond donors (Lipinski definition) is 2. The number of hydrogen-bond acceptors (Lipinski definition) is 2. The molecule has 4 nitrogen and oxygen atoms in total. The molecule has 0 saturated carbocycles. The maximum Gasteiger partial charge on any atom is 0.407 e. The van der Waals surface area contributed by atoms with E-state index in [0.717, 1.165) is 18.4 Å². The van der Waals surface area contributed by atoms with Crippen molar-refractivity contribution in [2.45, 2.75) is 52.1 Å². The predicted molar refractivity (Wildman–Crippen MR) is 90.2 cm³/mol. The number of rotatable bonds is 5. The number of ether oxygens (including phenoxy) is 1. The van der Waals surface area contributed by atoms with Crippen LogP contribution in [0.4, 0.5) is 4.79 Å². The van der Waals surface area contributed by atoms with E-state index in [1.165, 1.54) is 10.9 Å². The Kier molecular flexibility index (Phi) is 5.11. The van der Waals surface area contributed by atoms with Gasteiger partial charge in [-0.2, -0.15) is 0 Å². The van der Waals surface area contributed by atoms with Crippen molar-refractivity contribution in [2.75, 3.05) is 6.54 Å². The number of benzene rings is 1. The minimum absolute atomic E-state index is 0.346. The van der Waals surface area contributed by atoms with Crippen LogP contribution in [0.1, 0.15) is 52.0 Å². The normalized spacial score (nSPS) is 13.1. The largest absolute Gasteiger partial charge is 0.444 e. The van der Waals surface area contributed by atoms with Gasteiger partial charge < -0.3 is 15.0 Å². The predicted octanol–water partition coefficient (Wildman–Crippen LogP) is 4.58. The lowest BCUT2D eigenvalue weighted by Gasteiger charge is -2.20. The van der Waals surface area contributed by atoms with Gasteiger partial charge in [-0.15, -0.1) is 0 Å². The minimum Gasteiger partial charge on any atom is -0.444 e. The van der Waals surface area contributed by atoms with Gasteiger partial charge in [-0.25, -0.2) is 4.79 Å². The average Bonchev–Trinajstić information content (AvgIpc) is 2.86. The zero-order valence-corrected chi connectivity index (χ0v) is 13.9. The van der Waals surface area contributed by atoms with Crippen molar-refractivity contribution in [1.29, 1.82) is 0 Å². The molecule has 0 aliphatic carbocycles. The first-order valence-electron chi connectivity index (χ1n) is 7.93. The third-order valence-electron chi connectivity index (χ3n) is 3.71. The molecule has 22 heavy (non-hydrogen) atoms. The number of alkyl carbamates (subject to hydrolysis) is 1. The van der Waals surface area contributed by atoms with Crippen molar-refractivity contribution in [3.05, 3.63) is 36.0 Å². The Morgan fingerprint density at radius 1 is 1.32 bits per heavy atom. The number of nitrogens with one attached hydrogen (secondary N) is 2. The molecule has 1 amide bonds. The van der Waals surface area contributed by atoms with E-state index in [1.54, 1.807) is 0 Å². The van der Waals surface area contributed by atoms with E-state index in [1.807, 2.05) is 26.8 Å². The van der Waals surface area contributed by atoms with Crippen LogP contribution in [0.25, 0.3) is 10.9 Å². The molecule has 1 aromatic heterocycles. The minimum atomic E-state index is -0.453. The molecule has 2 rings (SSSR count). The van der Waals surface area contributed by atoms with Gasteiger partial charge >= 0.3 is 6.09 Å². The molecule has 0 aliphatic heterocycles. The molecule has 1 atom stereocenters. The number of amides is 1. The van der Waals surface area contributed by atoms with Gasteiger partial charge in [-0.1, -0.05) is 25.1 Å². The van der Waals surface area contributed by atoms with Crippen LogP contribution in [0.15, 0.2) is 30.5 Å². The second-order valence-corrected chi connectivity index (χ2v) is 6.61. The number of aromatic amines is 1. The summed E-state index contributed by atoms with van der Waals surface area (Å²) in [4.78, 5) is 15.0. The summed E-state index contributed by atoms with van der Waals surface area (Å²) in [6.07, 6.45) is 3.68. The van der Waals surface area contributed by atoms with Crippen LogP contribution in [-0.2, 0) is 4.74 Å². The zero-order chi connectivity index (χ0) is 16.2. The summed E-state index contributed by atoms with van der Waals surface area (Å²) in [7, 11) is 0. The number of aromatic nitrogens is 1. The van der Waals surface area contributed by atoms with Crippen molar-refractivity contribution in [2.24, 2.45) is 0 Å². The van der Waals surface area contributed by atoms with Gasteiger partial charge in [0.25, 0.3) is 0 Å². The summed E-state index contributed by atoms with van der Waals surface area (Å²) >= 11 is 0. The number of H-pyrrole nitrogens is 1. The molecule has 0 bridgehead atoms. The van der Waals surface area contributed by atoms with Crippen LogP contribution in [0.3, 0.4) is 0 Å². The lowest BCUT2D eigenvalue weighted by atomic mass is 9.93. The van der Waals surface area contributed by atoms with Crippen molar-refractivity contribution < 1.29 is 9.53 Å². The van der Waals surface area contributed by atoms with Gasteiger partial charge in [-0.3, -0.25) is 0 Å². The molecule has 1 unspecified atom stereocenters. The third kappa shape index (κ3) is 4.26. The first-order valence-corrected chi connectivity index (χ1v) is 7.93. The maximum absolute atomic E-state index is 11.7. The van der Waals surface area contributed by atoms with Crippen molar-refractivity contribution >= 4 is 17.0 Å². The van der Waals surface area contributed by atoms with Crippen molar-refractivity contribution in [3.63, 3.8) is 0 Å². The molecule has 1 aromatic carbocycles. The summed E-state index contributed by atoms with van der Waals surface area (Å²) in [5, 5.41) is 4.11. The molecule has 2 aromatic rings. The fraction of sp³-hybridized carbons (Fsp3) is 0.500. The molecule has 2 N–H and O–H groups in total. The van der Waals surface area contributed by atoms with Gasteiger partial charge in [0.1, 0.15) is 5.60 Å². The number of fused-ring (bicyclic) bond motifs is 1. The van der Waals surface area contributed by atoms with Crippen molar-refractivity contribution in [3.8, 4) is 0 Å². The highest BCUT2D eigenvalue weighted by atomic mass is 16.6. The molecule has 4 heteroatoms. The van der Waals surface area contributed by atoms with E-state index >= 15 is 0 Å². The van der Waals surface area contributed by atoms with Crippen LogP contribution in [0.5, 0.6) is 0 Å². The second kappa shape index (κ2) is 6.86. The molecule has 0 spiro atoms. The Bertz CT molecular complexity index is 625. The third-order valence-corrected chi connectivity index (χ3v) is 3.71. The molecule has 0 radical (unpaired) electrons. The van der Waals surface area contributed by atoms with E-state index < -0.39 is 5.60 Å². The molecule has 120 valence electrons. The van der Waals surface area contributed by atoms with Gasteiger partial charge in [-0.05, 0) is 51.2 Å². The number of para-hydroxylation sites is 1. The smallest absolute Gasteiger partial charge is 0.407 e. The van der Waals surface area contributed by atoms with E-state index in [-0.39, 0.29) is 6.09 Å². The van der Waals surface area contributed by atoms with E-state index in [0.29, 0.717) is 12.5 Å². The highest BCUT2D eigenvalue weighted by Crippen LogP contribution is 2.29. The Morgan fingerprint density at radius 2 is 2.05 bits per heavy atom. The highest BCUT2D eigenvalue weighted by molar-refractivity contribution is 5.83. The standard InChI is InChI=1S/C18H26N2O2/c1-5-13(10-11-19-17(21)22-18(2,3)4)15-12-20-16-9-7-6-8-14(15)16/h6-9,12-13,20H,5,10-11H2,1-4H3,(H,19,21). The maximum atomic E-state index is 11.7. The lowest BCUT2D eigenvalue weighted by Crippen LogP contribution is -2.33. The van der Waals surface area contributed by atoms with Crippen LogP contribution >= 0.6 is 0 Å². The average molecular weight is 302 g/mol. The SMILES string of the molecule is CCC(CCNC(=O)OC(C)(C)C)c1c[nH]c2ccccc12. The topological polar surface area (TPSA) is 54.1 Å². The first kappa shape index (κ1) is 16.4. The first-order chi connectivity index (χ1) is 10.4. The summed E-state index contributed by atoms with van der Waals surface area (Å²) < 4.78 is 5.26. The molecule has 0 fully saturated rings. The van der Waals surface area contributed by atoms with Crippen molar-refractivity contribution in [1.82, 2.24) is 10.3 Å². The molecular weight excluding hydrogens is 276 g/mol. The van der Waals surface area contributed by atoms with Gasteiger partial charge in [0.2, 0.25) is 0 Å². The fourth-order valence-electron chi connectivity index (χ4n) is 2.67. The van der Waals surface area contributed by atoms with E-state index in [9.17, 15) is 4.79 Å². The summed E-state index contributed by atoms with van der Waals surface area (Å²) in [6.45, 7) is 8.40. The Balaban J connectivity index is 1.94. The summed E-state index contributed by atoms with van der Waals surface area (Å²) in [6, 6.07) is 8.33. The fourth-order valence-corrected chi connectivity index (χ4v) is 2.67. The second-order valence-electron chi connectivity index (χ2n) is 6.61. The Hall–Kier alpha value is -1.97. The molecule has 1 heterocycles. The lowest BCUT2D eigenvalue weighted by molar-refractivity contribution is 0.0526. The van der Waals surface area contributed by atoms with E-state index in [4.69, 9.17) is 4.74 Å². The Labute approximate surface area is 132 Å². The van der Waals surface area contributed by atoms with Crippen LogP contribution in [0, 0.1) is 0 Å². The summed E-state index contributed by atoms with van der Waals surface area (Å²) in [5.74, 6) is 0.422. The highest BCUT2D eigenvalue weighted by Gasteiger charge is 2.17. The quantitative estimate of drug-likeness (QED) is 0.849. The molecule has 0 saturated heterocycles. The number of carbonyl (C=O) groups excluding carboxylic acids is 1. The zero-order valence-electron chi connectivity index (χ0n) is 13.9. The van der Waals surface area contributed by atoms with Crippen LogP contribution in [0.2, 0.25) is 0 Å².